The van der Waals surface area contributed by atoms with Crippen molar-refractivity contribution >= 4 is 39.3 Å². The van der Waals surface area contributed by atoms with Gasteiger partial charge in [0.15, 0.2) is 0 Å². The SMILES string of the molecule is Cc1cc(Br)ccc1NC(=O)[C@H](C)N1C(=O)[C@H]2[C@H](C1=O)[C@H]1C=C[C@H]2C1. The number of likely N-dealkylation sites (tertiary alicyclic amines) is 1. The molecule has 25 heavy (non-hydrogen) atoms. The summed E-state index contributed by atoms with van der Waals surface area (Å²) >= 11 is 3.39. The third-order valence-corrected chi connectivity index (χ3v) is 6.21. The van der Waals surface area contributed by atoms with Crippen LogP contribution >= 0.6 is 15.9 Å². The Morgan fingerprint density at radius 3 is 2.36 bits per heavy atom. The van der Waals surface area contributed by atoms with Gasteiger partial charge in [-0.1, -0.05) is 28.1 Å². The first-order valence-electron chi connectivity index (χ1n) is 8.50. The second-order valence-electron chi connectivity index (χ2n) is 7.17. The molecule has 0 radical (unpaired) electrons. The molecule has 1 saturated carbocycles. The molecule has 2 bridgehead atoms. The van der Waals surface area contributed by atoms with Gasteiger partial charge in [-0.15, -0.1) is 0 Å². The maximum Gasteiger partial charge on any atom is 0.247 e. The van der Waals surface area contributed by atoms with Crippen LogP contribution < -0.4 is 5.32 Å². The van der Waals surface area contributed by atoms with Crippen molar-refractivity contribution in [3.8, 4) is 0 Å². The Balaban J connectivity index is 1.53. The van der Waals surface area contributed by atoms with E-state index in [1.54, 1.807) is 13.0 Å². The molecule has 1 aromatic rings. The molecule has 2 fully saturated rings. The van der Waals surface area contributed by atoms with Crippen LogP contribution in [-0.2, 0) is 14.4 Å². The van der Waals surface area contributed by atoms with Gasteiger partial charge in [-0.3, -0.25) is 19.3 Å². The molecule has 1 heterocycles. The van der Waals surface area contributed by atoms with Crippen LogP contribution in [0.2, 0.25) is 0 Å². The van der Waals surface area contributed by atoms with E-state index < -0.39 is 6.04 Å². The fourth-order valence-electron chi connectivity index (χ4n) is 4.43. The number of nitrogens with zero attached hydrogens (tertiary/aromatic N) is 1. The van der Waals surface area contributed by atoms with Crippen molar-refractivity contribution in [2.75, 3.05) is 5.32 Å². The van der Waals surface area contributed by atoms with Gasteiger partial charge in [0.05, 0.1) is 11.8 Å². The molecule has 1 saturated heterocycles. The first-order valence-corrected chi connectivity index (χ1v) is 9.30. The number of carbonyl (C=O) groups is 3. The standard InChI is InChI=1S/C19H19BrN2O3/c1-9-7-13(20)5-6-14(9)21-17(23)10(2)22-18(24)15-11-3-4-12(8-11)16(15)19(22)25/h3-7,10-12,15-16H,8H2,1-2H3,(H,21,23)/t10-,11-,12-,15+,16+/m0/s1. The van der Waals surface area contributed by atoms with E-state index in [-0.39, 0.29) is 41.4 Å². The van der Waals surface area contributed by atoms with Crippen LogP contribution in [0.1, 0.15) is 18.9 Å². The van der Waals surface area contributed by atoms with Gasteiger partial charge < -0.3 is 5.32 Å². The average molecular weight is 403 g/mol. The van der Waals surface area contributed by atoms with Crippen LogP contribution in [0.4, 0.5) is 5.69 Å². The number of halogens is 1. The summed E-state index contributed by atoms with van der Waals surface area (Å²) < 4.78 is 0.928. The molecule has 0 unspecified atom stereocenters. The summed E-state index contributed by atoms with van der Waals surface area (Å²) in [5.74, 6) is -0.961. The number of aryl methyl sites for hydroxylation is 1. The van der Waals surface area contributed by atoms with Gasteiger partial charge in [0.1, 0.15) is 6.04 Å². The van der Waals surface area contributed by atoms with E-state index in [0.29, 0.717) is 5.69 Å². The molecule has 5 atom stereocenters. The fourth-order valence-corrected chi connectivity index (χ4v) is 4.90. The number of allylic oxidation sites excluding steroid dienone is 2. The highest BCUT2D eigenvalue weighted by Crippen LogP contribution is 2.52. The molecule has 3 amide bonds. The Labute approximate surface area is 154 Å². The Morgan fingerprint density at radius 2 is 1.80 bits per heavy atom. The number of imide groups is 1. The highest BCUT2D eigenvalue weighted by Gasteiger charge is 2.60. The fraction of sp³-hybridized carbons (Fsp3) is 0.421. The predicted octanol–water partition coefficient (Wildman–Crippen LogP) is 2.89. The molecule has 1 aromatic carbocycles. The van der Waals surface area contributed by atoms with E-state index in [2.05, 4.69) is 33.4 Å². The lowest BCUT2D eigenvalue weighted by Crippen LogP contribution is -2.46. The molecule has 0 aromatic heterocycles. The summed E-state index contributed by atoms with van der Waals surface area (Å²) in [7, 11) is 0. The second-order valence-corrected chi connectivity index (χ2v) is 8.09. The van der Waals surface area contributed by atoms with Crippen LogP contribution in [0, 0.1) is 30.6 Å². The third kappa shape index (κ3) is 2.46. The number of nitrogens with one attached hydrogen (secondary N) is 1. The number of fused-ring (bicyclic) bond motifs is 5. The molecule has 0 spiro atoms. The van der Waals surface area contributed by atoms with Crippen molar-refractivity contribution in [1.82, 2.24) is 4.90 Å². The van der Waals surface area contributed by atoms with E-state index in [1.165, 1.54) is 4.90 Å². The van der Waals surface area contributed by atoms with Crippen molar-refractivity contribution in [3.05, 3.63) is 40.4 Å². The monoisotopic (exact) mass is 402 g/mol. The minimum atomic E-state index is -0.812. The summed E-state index contributed by atoms with van der Waals surface area (Å²) in [5, 5.41) is 2.84. The molecule has 5 nitrogen and oxygen atoms in total. The topological polar surface area (TPSA) is 66.5 Å². The number of hydrogen-bond acceptors (Lipinski definition) is 3. The van der Waals surface area contributed by atoms with Crippen LogP contribution in [0.25, 0.3) is 0 Å². The quantitative estimate of drug-likeness (QED) is 0.624. The van der Waals surface area contributed by atoms with Gasteiger partial charge in [-0.25, -0.2) is 0 Å². The zero-order chi connectivity index (χ0) is 17.9. The first kappa shape index (κ1) is 16.5. The van der Waals surface area contributed by atoms with E-state index in [4.69, 9.17) is 0 Å². The minimum Gasteiger partial charge on any atom is -0.324 e. The number of hydrogen-bond donors (Lipinski definition) is 1. The molecule has 4 rings (SSSR count). The maximum atomic E-state index is 12.8. The Kier molecular flexibility index (Phi) is 3.83. The first-order chi connectivity index (χ1) is 11.9. The number of carbonyl (C=O) groups excluding carboxylic acids is 3. The van der Waals surface area contributed by atoms with E-state index in [0.717, 1.165) is 16.5 Å². The molecule has 1 aliphatic heterocycles. The van der Waals surface area contributed by atoms with Gasteiger partial charge in [0.25, 0.3) is 0 Å². The summed E-state index contributed by atoms with van der Waals surface area (Å²) in [4.78, 5) is 39.4. The minimum absolute atomic E-state index is 0.153. The highest BCUT2D eigenvalue weighted by atomic mass is 79.9. The van der Waals surface area contributed by atoms with Crippen LogP contribution in [0.5, 0.6) is 0 Å². The van der Waals surface area contributed by atoms with E-state index in [9.17, 15) is 14.4 Å². The van der Waals surface area contributed by atoms with Crippen LogP contribution in [0.3, 0.4) is 0 Å². The number of benzene rings is 1. The predicted molar refractivity (Wildman–Crippen MR) is 96.5 cm³/mol. The molecular formula is C19H19BrN2O3. The average Bonchev–Trinajstić information content (AvgIpc) is 3.23. The van der Waals surface area contributed by atoms with Gasteiger partial charge in [0, 0.05) is 10.2 Å². The third-order valence-electron chi connectivity index (χ3n) is 5.72. The van der Waals surface area contributed by atoms with Crippen molar-refractivity contribution in [3.63, 3.8) is 0 Å². The van der Waals surface area contributed by atoms with Crippen molar-refractivity contribution < 1.29 is 14.4 Å². The Morgan fingerprint density at radius 1 is 1.20 bits per heavy atom. The zero-order valence-corrected chi connectivity index (χ0v) is 15.6. The molecule has 1 N–H and O–H groups in total. The van der Waals surface area contributed by atoms with E-state index >= 15 is 0 Å². The summed E-state index contributed by atoms with van der Waals surface area (Å²) in [6.07, 6.45) is 4.99. The number of anilines is 1. The smallest absolute Gasteiger partial charge is 0.247 e. The summed E-state index contributed by atoms with van der Waals surface area (Å²) in [6, 6.07) is 4.73. The van der Waals surface area contributed by atoms with Crippen molar-refractivity contribution in [2.45, 2.75) is 26.3 Å². The number of rotatable bonds is 3. The molecule has 2 aliphatic carbocycles. The van der Waals surface area contributed by atoms with Gasteiger partial charge >= 0.3 is 0 Å². The molecule has 130 valence electrons. The summed E-state index contributed by atoms with van der Waals surface area (Å²) in [5.41, 5.74) is 1.59. The Hall–Kier alpha value is -1.95. The number of amides is 3. The maximum absolute atomic E-state index is 12.8. The van der Waals surface area contributed by atoms with Crippen LogP contribution in [-0.4, -0.2) is 28.7 Å². The largest absolute Gasteiger partial charge is 0.324 e. The lowest BCUT2D eigenvalue weighted by atomic mass is 9.85. The second kappa shape index (κ2) is 5.80. The Bertz CT molecular complexity index is 789. The lowest BCUT2D eigenvalue weighted by molar-refractivity contribution is -0.146. The van der Waals surface area contributed by atoms with Crippen molar-refractivity contribution in [2.24, 2.45) is 23.7 Å². The summed E-state index contributed by atoms with van der Waals surface area (Å²) in [6.45, 7) is 3.51. The normalized spacial score (nSPS) is 30.8. The van der Waals surface area contributed by atoms with Gasteiger partial charge in [0.2, 0.25) is 17.7 Å². The van der Waals surface area contributed by atoms with Crippen molar-refractivity contribution in [1.29, 1.82) is 0 Å². The van der Waals surface area contributed by atoms with Gasteiger partial charge in [-0.2, -0.15) is 0 Å². The van der Waals surface area contributed by atoms with Gasteiger partial charge in [-0.05, 0) is 55.9 Å². The molecule has 3 aliphatic rings. The van der Waals surface area contributed by atoms with E-state index in [1.807, 2.05) is 19.1 Å². The highest BCUT2D eigenvalue weighted by molar-refractivity contribution is 9.10. The van der Waals surface area contributed by atoms with Crippen LogP contribution in [0.15, 0.2) is 34.8 Å². The zero-order valence-electron chi connectivity index (χ0n) is 14.0. The lowest BCUT2D eigenvalue weighted by Gasteiger charge is -2.24. The molecular weight excluding hydrogens is 384 g/mol. The molecule has 6 heteroatoms.